The first kappa shape index (κ1) is 14.2. The highest BCUT2D eigenvalue weighted by Crippen LogP contribution is 2.25. The molecular weight excluding hydrogens is 264 g/mol. The van der Waals surface area contributed by atoms with Crippen molar-refractivity contribution >= 4 is 17.3 Å². The van der Waals surface area contributed by atoms with Gasteiger partial charge in [-0.1, -0.05) is 0 Å². The van der Waals surface area contributed by atoms with Gasteiger partial charge in [0.25, 0.3) is 5.91 Å². The predicted molar refractivity (Wildman–Crippen MR) is 86.0 cm³/mol. The molecular formula is C16H24N4O. The van der Waals surface area contributed by atoms with Crippen molar-refractivity contribution in [1.82, 2.24) is 10.2 Å². The third-order valence-electron chi connectivity index (χ3n) is 4.58. The molecule has 0 aromatic heterocycles. The summed E-state index contributed by atoms with van der Waals surface area (Å²) in [6.45, 7) is 5.07. The SMILES string of the molecule is CC1CC(NC(=O)c2ccc3c(c2)NCCN3)CCN1C. The number of rotatable bonds is 2. The molecule has 1 amide bonds. The number of carbonyl (C=O) groups is 1. The summed E-state index contributed by atoms with van der Waals surface area (Å²) in [4.78, 5) is 14.8. The quantitative estimate of drug-likeness (QED) is 0.776. The van der Waals surface area contributed by atoms with Crippen molar-refractivity contribution < 1.29 is 4.79 Å². The summed E-state index contributed by atoms with van der Waals surface area (Å²) in [7, 11) is 2.14. The number of hydrogen-bond acceptors (Lipinski definition) is 4. The maximum absolute atomic E-state index is 12.4. The van der Waals surface area contributed by atoms with E-state index in [-0.39, 0.29) is 11.9 Å². The topological polar surface area (TPSA) is 56.4 Å². The van der Waals surface area contributed by atoms with Gasteiger partial charge in [-0.2, -0.15) is 0 Å². The van der Waals surface area contributed by atoms with Crippen molar-refractivity contribution in [2.45, 2.75) is 31.8 Å². The Balaban J connectivity index is 1.65. The Morgan fingerprint density at radius 2 is 2.05 bits per heavy atom. The van der Waals surface area contributed by atoms with E-state index in [1.54, 1.807) is 0 Å². The van der Waals surface area contributed by atoms with Crippen molar-refractivity contribution in [1.29, 1.82) is 0 Å². The first-order valence-electron chi connectivity index (χ1n) is 7.76. The fourth-order valence-electron chi connectivity index (χ4n) is 3.07. The van der Waals surface area contributed by atoms with Crippen molar-refractivity contribution in [2.75, 3.05) is 37.3 Å². The molecule has 5 nitrogen and oxygen atoms in total. The zero-order valence-corrected chi connectivity index (χ0v) is 12.8. The Morgan fingerprint density at radius 3 is 2.81 bits per heavy atom. The predicted octanol–water partition coefficient (Wildman–Crippen LogP) is 1.74. The van der Waals surface area contributed by atoms with Gasteiger partial charge in [0.2, 0.25) is 0 Å². The van der Waals surface area contributed by atoms with Crippen LogP contribution in [0, 0.1) is 0 Å². The van der Waals surface area contributed by atoms with Crippen LogP contribution in [0.25, 0.3) is 0 Å². The van der Waals surface area contributed by atoms with Crippen LogP contribution in [0.4, 0.5) is 11.4 Å². The Bertz CT molecular complexity index is 531. The molecule has 1 saturated heterocycles. The molecule has 1 fully saturated rings. The van der Waals surface area contributed by atoms with Crippen LogP contribution >= 0.6 is 0 Å². The molecule has 2 aliphatic rings. The minimum Gasteiger partial charge on any atom is -0.382 e. The number of likely N-dealkylation sites (tertiary alicyclic amines) is 1. The van der Waals surface area contributed by atoms with E-state index < -0.39 is 0 Å². The van der Waals surface area contributed by atoms with Crippen LogP contribution in [-0.4, -0.2) is 49.6 Å². The lowest BCUT2D eigenvalue weighted by molar-refractivity contribution is 0.0896. The fourth-order valence-corrected chi connectivity index (χ4v) is 3.07. The second kappa shape index (κ2) is 5.93. The molecule has 2 heterocycles. The number of fused-ring (bicyclic) bond motifs is 1. The zero-order chi connectivity index (χ0) is 14.8. The maximum Gasteiger partial charge on any atom is 0.251 e. The zero-order valence-electron chi connectivity index (χ0n) is 12.8. The number of nitrogens with zero attached hydrogens (tertiary/aromatic N) is 1. The number of benzene rings is 1. The second-order valence-corrected chi connectivity index (χ2v) is 6.14. The first-order chi connectivity index (χ1) is 10.1. The normalized spacial score (nSPS) is 25.4. The van der Waals surface area contributed by atoms with E-state index in [0.717, 1.165) is 49.4 Å². The van der Waals surface area contributed by atoms with Crippen molar-refractivity contribution in [2.24, 2.45) is 0 Å². The number of amides is 1. The number of nitrogens with one attached hydrogen (secondary N) is 3. The molecule has 0 aliphatic carbocycles. The lowest BCUT2D eigenvalue weighted by atomic mass is 9.98. The van der Waals surface area contributed by atoms with E-state index in [4.69, 9.17) is 0 Å². The van der Waals surface area contributed by atoms with E-state index in [1.165, 1.54) is 0 Å². The van der Waals surface area contributed by atoms with Gasteiger partial charge in [0, 0.05) is 37.3 Å². The summed E-state index contributed by atoms with van der Waals surface area (Å²) in [5, 5.41) is 9.83. The second-order valence-electron chi connectivity index (χ2n) is 6.14. The molecule has 3 rings (SSSR count). The lowest BCUT2D eigenvalue weighted by Gasteiger charge is -2.35. The average molecular weight is 288 g/mol. The van der Waals surface area contributed by atoms with E-state index >= 15 is 0 Å². The molecule has 2 aliphatic heterocycles. The van der Waals surface area contributed by atoms with Crippen molar-refractivity contribution in [3.05, 3.63) is 23.8 Å². The van der Waals surface area contributed by atoms with E-state index in [2.05, 4.69) is 34.8 Å². The van der Waals surface area contributed by atoms with Crippen LogP contribution in [0.5, 0.6) is 0 Å². The number of carbonyl (C=O) groups excluding carboxylic acids is 1. The van der Waals surface area contributed by atoms with Gasteiger partial charge in [-0.05, 0) is 45.0 Å². The maximum atomic E-state index is 12.4. The molecule has 21 heavy (non-hydrogen) atoms. The lowest BCUT2D eigenvalue weighted by Crippen LogP contribution is -2.47. The molecule has 3 N–H and O–H groups in total. The minimum absolute atomic E-state index is 0.0342. The van der Waals surface area contributed by atoms with Gasteiger partial charge in [-0.3, -0.25) is 4.79 Å². The Labute approximate surface area is 126 Å². The highest BCUT2D eigenvalue weighted by Gasteiger charge is 2.24. The first-order valence-corrected chi connectivity index (χ1v) is 7.76. The standard InChI is InChI=1S/C16H24N4O/c1-11-9-13(5-8-20(11)2)19-16(21)12-3-4-14-15(10-12)18-7-6-17-14/h3-4,10-11,13,17-18H,5-9H2,1-2H3,(H,19,21). The highest BCUT2D eigenvalue weighted by atomic mass is 16.1. The largest absolute Gasteiger partial charge is 0.382 e. The summed E-state index contributed by atoms with van der Waals surface area (Å²) in [5.74, 6) is 0.0342. The van der Waals surface area contributed by atoms with Gasteiger partial charge in [-0.15, -0.1) is 0 Å². The van der Waals surface area contributed by atoms with Gasteiger partial charge in [-0.25, -0.2) is 0 Å². The monoisotopic (exact) mass is 288 g/mol. The van der Waals surface area contributed by atoms with Crippen molar-refractivity contribution in [3.8, 4) is 0 Å². The molecule has 0 spiro atoms. The number of hydrogen-bond donors (Lipinski definition) is 3. The van der Waals surface area contributed by atoms with E-state index in [9.17, 15) is 4.79 Å². The molecule has 0 radical (unpaired) electrons. The average Bonchev–Trinajstić information content (AvgIpc) is 2.50. The molecule has 114 valence electrons. The molecule has 1 aromatic rings. The molecule has 0 saturated carbocycles. The summed E-state index contributed by atoms with van der Waals surface area (Å²) in [6, 6.07) is 6.62. The van der Waals surface area contributed by atoms with Gasteiger partial charge >= 0.3 is 0 Å². The van der Waals surface area contributed by atoms with Crippen molar-refractivity contribution in [3.63, 3.8) is 0 Å². The van der Waals surface area contributed by atoms with Gasteiger partial charge in [0.15, 0.2) is 0 Å². The Hall–Kier alpha value is -1.75. The molecule has 5 heteroatoms. The molecule has 2 unspecified atom stereocenters. The molecule has 0 bridgehead atoms. The number of piperidine rings is 1. The summed E-state index contributed by atoms with van der Waals surface area (Å²) >= 11 is 0. The summed E-state index contributed by atoms with van der Waals surface area (Å²) in [5.41, 5.74) is 2.83. The van der Waals surface area contributed by atoms with Crippen LogP contribution in [0.15, 0.2) is 18.2 Å². The summed E-state index contributed by atoms with van der Waals surface area (Å²) < 4.78 is 0. The smallest absolute Gasteiger partial charge is 0.251 e. The van der Waals surface area contributed by atoms with Crippen LogP contribution < -0.4 is 16.0 Å². The fraction of sp³-hybridized carbons (Fsp3) is 0.562. The van der Waals surface area contributed by atoms with Crippen LogP contribution in [0.2, 0.25) is 0 Å². The minimum atomic E-state index is 0.0342. The third-order valence-corrected chi connectivity index (χ3v) is 4.58. The van der Waals surface area contributed by atoms with E-state index in [1.807, 2.05) is 18.2 Å². The molecule has 2 atom stereocenters. The highest BCUT2D eigenvalue weighted by molar-refractivity contribution is 5.96. The summed E-state index contributed by atoms with van der Waals surface area (Å²) in [6.07, 6.45) is 2.05. The van der Waals surface area contributed by atoms with E-state index in [0.29, 0.717) is 6.04 Å². The van der Waals surface area contributed by atoms with Gasteiger partial charge < -0.3 is 20.9 Å². The van der Waals surface area contributed by atoms with Crippen LogP contribution in [0.1, 0.15) is 30.1 Å². The third kappa shape index (κ3) is 3.13. The molecule has 1 aromatic carbocycles. The Kier molecular flexibility index (Phi) is 4.01. The van der Waals surface area contributed by atoms with Crippen LogP contribution in [0.3, 0.4) is 0 Å². The number of anilines is 2. The van der Waals surface area contributed by atoms with Crippen LogP contribution in [-0.2, 0) is 0 Å². The van der Waals surface area contributed by atoms with Gasteiger partial charge in [0.05, 0.1) is 11.4 Å². The van der Waals surface area contributed by atoms with Gasteiger partial charge in [0.1, 0.15) is 0 Å². The Morgan fingerprint density at radius 1 is 1.29 bits per heavy atom.